The number of ether oxygens (including phenoxy) is 2. The molecule has 1 atom stereocenters. The number of hydrogen-bond acceptors (Lipinski definition) is 7. The summed E-state index contributed by atoms with van der Waals surface area (Å²) in [7, 11) is -2.36. The SMILES string of the molecule is C[Si](C)(C)CCOCN(COCC[Si](C)(C)C)c1cc(C2CCCNC2)nc2c(C#N)cnn12. The number of aromatic nitrogens is 3. The highest BCUT2D eigenvalue weighted by atomic mass is 28.3. The van der Waals surface area contributed by atoms with E-state index < -0.39 is 16.1 Å². The lowest BCUT2D eigenvalue weighted by atomic mass is 9.96. The highest BCUT2D eigenvalue weighted by Crippen LogP contribution is 2.27. The standard InChI is InChI=1S/C24H42N6O2Si2/c1-33(2,3)12-10-31-18-29(19-32-11-13-34(4,5)6)23-14-22(20-8-7-9-26-16-20)28-24-21(15-25)17-27-30(23)24/h14,17,20,26H,7-13,16,18-19H2,1-6H3. The molecule has 0 aromatic carbocycles. The maximum atomic E-state index is 9.64. The third kappa shape index (κ3) is 7.88. The van der Waals surface area contributed by atoms with Crippen LogP contribution in [-0.4, -0.2) is 70.5 Å². The quantitative estimate of drug-likeness (QED) is 0.260. The van der Waals surface area contributed by atoms with Crippen molar-refractivity contribution in [3.8, 4) is 6.07 Å². The number of hydrogen-bond donors (Lipinski definition) is 1. The van der Waals surface area contributed by atoms with Gasteiger partial charge in [-0.3, -0.25) is 0 Å². The van der Waals surface area contributed by atoms with E-state index in [9.17, 15) is 5.26 Å². The molecular formula is C24H42N6O2Si2. The first-order valence-corrected chi connectivity index (χ1v) is 19.9. The zero-order valence-corrected chi connectivity index (χ0v) is 23.9. The predicted octanol–water partition coefficient (Wildman–Crippen LogP) is 4.50. The van der Waals surface area contributed by atoms with Gasteiger partial charge in [0.05, 0.1) is 11.9 Å². The Hall–Kier alpha value is -1.78. The Labute approximate surface area is 206 Å². The Kier molecular flexibility index (Phi) is 9.29. The van der Waals surface area contributed by atoms with Crippen molar-refractivity contribution in [3.63, 3.8) is 0 Å². The van der Waals surface area contributed by atoms with Crippen LogP contribution in [0.3, 0.4) is 0 Å². The average Bonchev–Trinajstić information content (AvgIpc) is 3.20. The lowest BCUT2D eigenvalue weighted by Crippen LogP contribution is -2.34. The number of anilines is 1. The molecule has 34 heavy (non-hydrogen) atoms. The summed E-state index contributed by atoms with van der Waals surface area (Å²) in [5.74, 6) is 1.19. The molecule has 10 heteroatoms. The number of fused-ring (bicyclic) bond motifs is 1. The molecule has 0 radical (unpaired) electrons. The number of nitriles is 1. The topological polar surface area (TPSA) is 87.7 Å². The van der Waals surface area contributed by atoms with Crippen LogP contribution in [0, 0.1) is 11.3 Å². The van der Waals surface area contributed by atoms with Crippen molar-refractivity contribution in [1.82, 2.24) is 19.9 Å². The number of nitrogens with one attached hydrogen (secondary N) is 1. The summed E-state index contributed by atoms with van der Waals surface area (Å²) in [6, 6.07) is 6.59. The first-order chi connectivity index (χ1) is 16.1. The highest BCUT2D eigenvalue weighted by Gasteiger charge is 2.23. The van der Waals surface area contributed by atoms with Crippen LogP contribution in [0.25, 0.3) is 5.65 Å². The molecular weight excluding hydrogens is 460 g/mol. The van der Waals surface area contributed by atoms with Gasteiger partial charge in [-0.2, -0.15) is 14.9 Å². The zero-order chi connectivity index (χ0) is 24.8. The fraction of sp³-hybridized carbons (Fsp3) is 0.708. The summed E-state index contributed by atoms with van der Waals surface area (Å²) < 4.78 is 14.1. The monoisotopic (exact) mass is 502 g/mol. The van der Waals surface area contributed by atoms with Crippen LogP contribution in [0.2, 0.25) is 51.4 Å². The minimum atomic E-state index is -1.18. The molecule has 1 fully saturated rings. The maximum absolute atomic E-state index is 9.64. The molecule has 1 saturated heterocycles. The van der Waals surface area contributed by atoms with Gasteiger partial charge in [0.25, 0.3) is 0 Å². The van der Waals surface area contributed by atoms with Crippen molar-refractivity contribution in [2.45, 2.75) is 70.1 Å². The Morgan fingerprint density at radius 3 is 2.29 bits per heavy atom. The predicted molar refractivity (Wildman–Crippen MR) is 143 cm³/mol. The Morgan fingerprint density at radius 2 is 1.76 bits per heavy atom. The molecule has 0 aliphatic carbocycles. The first-order valence-electron chi connectivity index (χ1n) is 12.5. The van der Waals surface area contributed by atoms with Gasteiger partial charge in [-0.1, -0.05) is 39.3 Å². The van der Waals surface area contributed by atoms with E-state index in [1.165, 1.54) is 0 Å². The summed E-state index contributed by atoms with van der Waals surface area (Å²) >= 11 is 0. The van der Waals surface area contributed by atoms with E-state index in [1.54, 1.807) is 10.7 Å². The van der Waals surface area contributed by atoms with Crippen molar-refractivity contribution in [3.05, 3.63) is 23.5 Å². The van der Waals surface area contributed by atoms with Gasteiger partial charge >= 0.3 is 0 Å². The Balaban J connectivity index is 1.88. The van der Waals surface area contributed by atoms with E-state index in [4.69, 9.17) is 14.5 Å². The lowest BCUT2D eigenvalue weighted by molar-refractivity contribution is 0.0942. The molecule has 8 nitrogen and oxygen atoms in total. The summed E-state index contributed by atoms with van der Waals surface area (Å²) in [6.07, 6.45) is 3.82. The molecule has 3 rings (SSSR count). The van der Waals surface area contributed by atoms with Gasteiger partial charge in [-0.25, -0.2) is 4.98 Å². The number of rotatable bonds is 12. The number of piperidine rings is 1. The molecule has 188 valence electrons. The van der Waals surface area contributed by atoms with Crippen molar-refractivity contribution in [1.29, 1.82) is 5.26 Å². The Morgan fingerprint density at radius 1 is 1.12 bits per heavy atom. The summed E-state index contributed by atoms with van der Waals surface area (Å²) in [5.41, 5.74) is 2.10. The van der Waals surface area contributed by atoms with Crippen LogP contribution < -0.4 is 10.2 Å². The molecule has 1 aliphatic rings. The van der Waals surface area contributed by atoms with E-state index in [2.05, 4.69) is 66.7 Å². The van der Waals surface area contributed by atoms with Crippen molar-refractivity contribution in [2.24, 2.45) is 0 Å². The second-order valence-corrected chi connectivity index (χ2v) is 23.0. The number of nitrogens with zero attached hydrogens (tertiary/aromatic N) is 5. The van der Waals surface area contributed by atoms with Crippen LogP contribution in [-0.2, 0) is 9.47 Å². The zero-order valence-electron chi connectivity index (χ0n) is 21.9. The van der Waals surface area contributed by atoms with E-state index >= 15 is 0 Å². The summed E-state index contributed by atoms with van der Waals surface area (Å²) in [6.45, 7) is 18.4. The molecule has 1 aliphatic heterocycles. The Bertz CT molecular complexity index is 949. The van der Waals surface area contributed by atoms with Crippen molar-refractivity contribution >= 4 is 27.6 Å². The third-order valence-corrected chi connectivity index (χ3v) is 9.53. The second kappa shape index (κ2) is 11.8. The molecule has 2 aromatic rings. The lowest BCUT2D eigenvalue weighted by Gasteiger charge is -2.28. The van der Waals surface area contributed by atoms with Crippen LogP contribution in [0.5, 0.6) is 0 Å². The molecule has 2 aromatic heterocycles. The van der Waals surface area contributed by atoms with Gasteiger partial charge in [0, 0.05) is 47.9 Å². The fourth-order valence-corrected chi connectivity index (χ4v) is 5.37. The molecule has 0 bridgehead atoms. The average molecular weight is 503 g/mol. The second-order valence-electron chi connectivity index (χ2n) is 11.7. The molecule has 1 N–H and O–H groups in total. The van der Waals surface area contributed by atoms with Crippen molar-refractivity contribution < 1.29 is 9.47 Å². The van der Waals surface area contributed by atoms with Gasteiger partial charge in [0.15, 0.2) is 5.65 Å². The molecule has 3 heterocycles. The van der Waals surface area contributed by atoms with Crippen LogP contribution in [0.15, 0.2) is 12.3 Å². The smallest absolute Gasteiger partial charge is 0.175 e. The van der Waals surface area contributed by atoms with E-state index in [-0.39, 0.29) is 0 Å². The van der Waals surface area contributed by atoms with Gasteiger partial charge in [-0.05, 0) is 31.5 Å². The minimum Gasteiger partial charge on any atom is -0.361 e. The van der Waals surface area contributed by atoms with E-state index in [0.717, 1.165) is 62.7 Å². The largest absolute Gasteiger partial charge is 0.361 e. The maximum Gasteiger partial charge on any atom is 0.175 e. The minimum absolute atomic E-state index is 0.321. The van der Waals surface area contributed by atoms with Crippen LogP contribution in [0.4, 0.5) is 5.82 Å². The highest BCUT2D eigenvalue weighted by molar-refractivity contribution is 6.76. The van der Waals surface area contributed by atoms with E-state index in [1.807, 2.05) is 0 Å². The van der Waals surface area contributed by atoms with Crippen LogP contribution >= 0.6 is 0 Å². The van der Waals surface area contributed by atoms with Gasteiger partial charge in [0.1, 0.15) is 30.9 Å². The molecule has 0 saturated carbocycles. The summed E-state index contributed by atoms with van der Waals surface area (Å²) in [5, 5.41) is 17.6. The van der Waals surface area contributed by atoms with Gasteiger partial charge in [0.2, 0.25) is 0 Å². The summed E-state index contributed by atoms with van der Waals surface area (Å²) in [4.78, 5) is 6.97. The van der Waals surface area contributed by atoms with Crippen LogP contribution in [0.1, 0.15) is 30.0 Å². The first kappa shape index (κ1) is 26.8. The third-order valence-electron chi connectivity index (χ3n) is 6.12. The molecule has 0 spiro atoms. The molecule has 1 unspecified atom stereocenters. The fourth-order valence-electron chi connectivity index (χ4n) is 3.86. The van der Waals surface area contributed by atoms with Crippen molar-refractivity contribution in [2.75, 3.05) is 44.7 Å². The van der Waals surface area contributed by atoms with Gasteiger partial charge < -0.3 is 19.7 Å². The van der Waals surface area contributed by atoms with Gasteiger partial charge in [-0.15, -0.1) is 0 Å². The molecule has 0 amide bonds. The van der Waals surface area contributed by atoms with E-state index in [0.29, 0.717) is 30.6 Å². The normalized spacial score (nSPS) is 17.1.